The summed E-state index contributed by atoms with van der Waals surface area (Å²) in [5.41, 5.74) is 1.36. The fraction of sp³-hybridized carbons (Fsp3) is 0.467. The lowest BCUT2D eigenvalue weighted by Gasteiger charge is -2.18. The van der Waals surface area contributed by atoms with Crippen LogP contribution in [0.2, 0.25) is 0 Å². The van der Waals surface area contributed by atoms with Gasteiger partial charge in [-0.3, -0.25) is 9.36 Å². The number of fused-ring (bicyclic) bond motifs is 1. The van der Waals surface area contributed by atoms with Gasteiger partial charge in [0, 0.05) is 17.6 Å². The van der Waals surface area contributed by atoms with Gasteiger partial charge in [0.25, 0.3) is 5.56 Å². The van der Waals surface area contributed by atoms with Gasteiger partial charge in [-0.05, 0) is 31.6 Å². The van der Waals surface area contributed by atoms with Crippen LogP contribution < -0.4 is 5.56 Å². The average molecular weight is 300 g/mol. The van der Waals surface area contributed by atoms with Gasteiger partial charge in [0.15, 0.2) is 5.16 Å². The Morgan fingerprint density at radius 3 is 2.76 bits per heavy atom. The summed E-state index contributed by atoms with van der Waals surface area (Å²) in [5, 5.41) is 10.8. The largest absolute Gasteiger partial charge is 0.288 e. The van der Waals surface area contributed by atoms with Gasteiger partial charge in [-0.1, -0.05) is 24.6 Å². The number of thioether (sulfide) groups is 1. The second-order valence-electron chi connectivity index (χ2n) is 5.32. The Bertz CT molecular complexity index is 800. The van der Waals surface area contributed by atoms with Crippen molar-refractivity contribution in [2.24, 2.45) is 0 Å². The van der Waals surface area contributed by atoms with Gasteiger partial charge >= 0.3 is 0 Å². The summed E-state index contributed by atoms with van der Waals surface area (Å²) < 4.78 is 1.73. The Labute approximate surface area is 127 Å². The molecule has 0 bridgehead atoms. The fourth-order valence-electron chi connectivity index (χ4n) is 3.05. The lowest BCUT2D eigenvalue weighted by molar-refractivity contribution is 0.513. The summed E-state index contributed by atoms with van der Waals surface area (Å²) in [6, 6.07) is 2.20. The van der Waals surface area contributed by atoms with Gasteiger partial charge in [0.2, 0.25) is 0 Å². The SMILES string of the molecule is CSc1ncc2c(C)c(C#N)c(=O)n(C3CCCC3)c2n1. The number of nitriles is 1. The summed E-state index contributed by atoms with van der Waals surface area (Å²) in [6.45, 7) is 1.80. The topological polar surface area (TPSA) is 71.6 Å². The fourth-order valence-corrected chi connectivity index (χ4v) is 3.38. The quantitative estimate of drug-likeness (QED) is 0.630. The standard InChI is InChI=1S/C15H16N4OS/c1-9-11(7-16)14(20)19(10-5-3-4-6-10)13-12(9)8-17-15(18-13)21-2/h8,10H,3-6H2,1-2H3. The van der Waals surface area contributed by atoms with Crippen molar-refractivity contribution in [1.29, 1.82) is 5.26 Å². The third kappa shape index (κ3) is 2.22. The first-order valence-corrected chi connectivity index (χ1v) is 8.25. The summed E-state index contributed by atoms with van der Waals surface area (Å²) >= 11 is 1.45. The number of aromatic nitrogens is 3. The van der Waals surface area contributed by atoms with Crippen molar-refractivity contribution in [3.8, 4) is 6.07 Å². The van der Waals surface area contributed by atoms with Crippen LogP contribution in [0.3, 0.4) is 0 Å². The molecule has 0 radical (unpaired) electrons. The van der Waals surface area contributed by atoms with Crippen LogP contribution >= 0.6 is 11.8 Å². The van der Waals surface area contributed by atoms with Gasteiger partial charge in [-0.2, -0.15) is 5.26 Å². The van der Waals surface area contributed by atoms with Crippen molar-refractivity contribution in [2.45, 2.75) is 43.8 Å². The first kappa shape index (κ1) is 14.1. The molecule has 1 aliphatic carbocycles. The minimum Gasteiger partial charge on any atom is -0.288 e. The Balaban J connectivity index is 2.41. The van der Waals surface area contributed by atoms with Crippen LogP contribution in [0.25, 0.3) is 11.0 Å². The normalized spacial score (nSPS) is 15.5. The molecule has 0 unspecified atom stereocenters. The number of hydrogen-bond acceptors (Lipinski definition) is 5. The predicted molar refractivity (Wildman–Crippen MR) is 82.5 cm³/mol. The van der Waals surface area contributed by atoms with E-state index in [-0.39, 0.29) is 17.2 Å². The van der Waals surface area contributed by atoms with E-state index in [1.807, 2.05) is 6.26 Å². The smallest absolute Gasteiger partial charge is 0.270 e. The molecule has 0 saturated heterocycles. The molecule has 0 atom stereocenters. The molecule has 21 heavy (non-hydrogen) atoms. The van der Waals surface area contributed by atoms with Crippen LogP contribution in [0, 0.1) is 18.3 Å². The molecule has 5 nitrogen and oxygen atoms in total. The van der Waals surface area contributed by atoms with E-state index in [1.54, 1.807) is 17.7 Å². The number of hydrogen-bond donors (Lipinski definition) is 0. The second-order valence-corrected chi connectivity index (χ2v) is 6.09. The van der Waals surface area contributed by atoms with Crippen molar-refractivity contribution in [3.63, 3.8) is 0 Å². The third-order valence-electron chi connectivity index (χ3n) is 4.17. The molecular formula is C15H16N4OS. The highest BCUT2D eigenvalue weighted by atomic mass is 32.2. The van der Waals surface area contributed by atoms with E-state index in [1.165, 1.54) is 11.8 Å². The molecule has 6 heteroatoms. The summed E-state index contributed by atoms with van der Waals surface area (Å²) in [4.78, 5) is 21.5. The summed E-state index contributed by atoms with van der Waals surface area (Å²) in [7, 11) is 0. The third-order valence-corrected chi connectivity index (χ3v) is 4.73. The molecule has 1 aliphatic rings. The molecule has 0 N–H and O–H groups in total. The maximum atomic E-state index is 12.7. The van der Waals surface area contributed by atoms with Crippen molar-refractivity contribution >= 4 is 22.8 Å². The Kier molecular flexibility index (Phi) is 3.68. The molecule has 0 spiro atoms. The monoisotopic (exact) mass is 300 g/mol. The zero-order chi connectivity index (χ0) is 15.0. The first-order chi connectivity index (χ1) is 10.2. The molecule has 2 aromatic rings. The van der Waals surface area contributed by atoms with E-state index < -0.39 is 0 Å². The molecule has 108 valence electrons. The second kappa shape index (κ2) is 5.49. The van der Waals surface area contributed by atoms with E-state index in [2.05, 4.69) is 16.0 Å². The van der Waals surface area contributed by atoms with Gasteiger partial charge in [-0.15, -0.1) is 0 Å². The van der Waals surface area contributed by atoms with E-state index in [9.17, 15) is 10.1 Å². The van der Waals surface area contributed by atoms with Crippen molar-refractivity contribution in [2.75, 3.05) is 6.26 Å². The summed E-state index contributed by atoms with van der Waals surface area (Å²) in [6.07, 6.45) is 7.83. The van der Waals surface area contributed by atoms with E-state index in [4.69, 9.17) is 0 Å². The minimum absolute atomic E-state index is 0.150. The van der Waals surface area contributed by atoms with Crippen LogP contribution in [-0.2, 0) is 0 Å². The van der Waals surface area contributed by atoms with E-state index in [0.29, 0.717) is 16.4 Å². The Morgan fingerprint density at radius 2 is 2.14 bits per heavy atom. The lowest BCUT2D eigenvalue weighted by Crippen LogP contribution is -2.28. The molecule has 3 rings (SSSR count). The van der Waals surface area contributed by atoms with Crippen LogP contribution in [0.1, 0.15) is 42.9 Å². The van der Waals surface area contributed by atoms with Gasteiger partial charge < -0.3 is 0 Å². The number of nitrogens with zero attached hydrogens (tertiary/aromatic N) is 4. The lowest BCUT2D eigenvalue weighted by atomic mass is 10.1. The molecule has 0 aliphatic heterocycles. The predicted octanol–water partition coefficient (Wildman–Crippen LogP) is 2.81. The zero-order valence-electron chi connectivity index (χ0n) is 12.1. The maximum Gasteiger partial charge on any atom is 0.270 e. The van der Waals surface area contributed by atoms with Crippen LogP contribution in [0.15, 0.2) is 16.1 Å². The molecule has 2 heterocycles. The Morgan fingerprint density at radius 1 is 1.43 bits per heavy atom. The highest BCUT2D eigenvalue weighted by Crippen LogP contribution is 2.31. The minimum atomic E-state index is -0.208. The average Bonchev–Trinajstić information content (AvgIpc) is 3.01. The van der Waals surface area contributed by atoms with E-state index in [0.717, 1.165) is 31.1 Å². The van der Waals surface area contributed by atoms with Crippen LogP contribution in [0.5, 0.6) is 0 Å². The molecular weight excluding hydrogens is 284 g/mol. The van der Waals surface area contributed by atoms with E-state index >= 15 is 0 Å². The number of pyridine rings is 1. The highest BCUT2D eigenvalue weighted by molar-refractivity contribution is 7.98. The van der Waals surface area contributed by atoms with Crippen LogP contribution in [0.4, 0.5) is 0 Å². The van der Waals surface area contributed by atoms with Crippen molar-refractivity contribution < 1.29 is 0 Å². The number of aryl methyl sites for hydroxylation is 1. The molecule has 0 aromatic carbocycles. The molecule has 1 fully saturated rings. The Hall–Kier alpha value is -1.87. The van der Waals surface area contributed by atoms with Crippen LogP contribution in [-0.4, -0.2) is 20.8 Å². The van der Waals surface area contributed by atoms with Gasteiger partial charge in [0.1, 0.15) is 17.3 Å². The van der Waals surface area contributed by atoms with Gasteiger partial charge in [0.05, 0.1) is 0 Å². The highest BCUT2D eigenvalue weighted by Gasteiger charge is 2.24. The number of rotatable bonds is 2. The zero-order valence-corrected chi connectivity index (χ0v) is 12.9. The van der Waals surface area contributed by atoms with Crippen molar-refractivity contribution in [1.82, 2.24) is 14.5 Å². The molecule has 1 saturated carbocycles. The maximum absolute atomic E-state index is 12.7. The molecule has 0 amide bonds. The van der Waals surface area contributed by atoms with Gasteiger partial charge in [-0.25, -0.2) is 9.97 Å². The first-order valence-electron chi connectivity index (χ1n) is 7.03. The van der Waals surface area contributed by atoms with Crippen molar-refractivity contribution in [3.05, 3.63) is 27.7 Å². The summed E-state index contributed by atoms with van der Waals surface area (Å²) in [5.74, 6) is 0. The molecule has 2 aromatic heterocycles.